The molecule has 0 bridgehead atoms. The van der Waals surface area contributed by atoms with E-state index in [0.717, 1.165) is 0 Å². The third kappa shape index (κ3) is 4.00. The van der Waals surface area contributed by atoms with E-state index in [1.165, 1.54) is 0 Å². The van der Waals surface area contributed by atoms with E-state index in [-0.39, 0.29) is 0 Å². The Morgan fingerprint density at radius 1 is 1.50 bits per heavy atom. The van der Waals surface area contributed by atoms with Crippen LogP contribution < -0.4 is 0 Å². The zero-order valence-electron chi connectivity index (χ0n) is 4.42. The van der Waals surface area contributed by atoms with Crippen LogP contribution in [-0.4, -0.2) is 26.5 Å². The van der Waals surface area contributed by atoms with Gasteiger partial charge in [0.05, 0.1) is 0 Å². The van der Waals surface area contributed by atoms with Crippen molar-refractivity contribution in [2.75, 3.05) is 0 Å². The third-order valence-corrected chi connectivity index (χ3v) is 1.05. The van der Waals surface area contributed by atoms with Gasteiger partial charge in [0.2, 0.25) is 0 Å². The molecule has 0 aromatic carbocycles. The topological polar surface area (TPSA) is 66.8 Å². The lowest BCUT2D eigenvalue weighted by Gasteiger charge is -2.16. The van der Waals surface area contributed by atoms with Gasteiger partial charge in [-0.25, -0.2) is 4.79 Å². The summed E-state index contributed by atoms with van der Waals surface area (Å²) in [5.41, 5.74) is 0. The highest BCUT2D eigenvalue weighted by molar-refractivity contribution is 6.67. The monoisotopic (exact) mass is 208 g/mol. The molecule has 0 saturated carbocycles. The van der Waals surface area contributed by atoms with Gasteiger partial charge in [-0.3, -0.25) is 0 Å². The van der Waals surface area contributed by atoms with Gasteiger partial charge < -0.3 is 14.9 Å². The summed E-state index contributed by atoms with van der Waals surface area (Å²) in [6.07, 6.45) is -3.67. The Hall–Kier alpha value is 0.1000. The van der Waals surface area contributed by atoms with E-state index >= 15 is 0 Å². The first-order valence-electron chi connectivity index (χ1n) is 1.98. The quantitative estimate of drug-likeness (QED) is 0.389. The van der Waals surface area contributed by atoms with Gasteiger partial charge in [0.15, 0.2) is 0 Å². The normalized spacial score (nSPS) is 14.4. The Labute approximate surface area is 71.2 Å². The second-order valence-electron chi connectivity index (χ2n) is 1.28. The summed E-state index contributed by atoms with van der Waals surface area (Å²) in [4.78, 5) is 9.70. The predicted octanol–water partition coefficient (Wildman–Crippen LogP) is 1.37. The summed E-state index contributed by atoms with van der Waals surface area (Å²) >= 11 is 15.1. The number of ether oxygens (including phenoxy) is 1. The molecule has 4 nitrogen and oxygen atoms in total. The van der Waals surface area contributed by atoms with E-state index in [1.807, 2.05) is 0 Å². The number of halogens is 3. The van der Waals surface area contributed by atoms with Crippen molar-refractivity contribution in [2.24, 2.45) is 0 Å². The second-order valence-corrected chi connectivity index (χ2v) is 3.65. The summed E-state index contributed by atoms with van der Waals surface area (Å²) < 4.78 is 1.55. The number of rotatable bonds is 1. The van der Waals surface area contributed by atoms with Crippen LogP contribution in [0.2, 0.25) is 0 Å². The summed E-state index contributed by atoms with van der Waals surface area (Å²) in [6, 6.07) is 0. The minimum Gasteiger partial charge on any atom is -0.450 e. The average Bonchev–Trinajstić information content (AvgIpc) is 1.60. The number of alkyl halides is 3. The minimum atomic E-state index is -2.14. The largest absolute Gasteiger partial charge is 0.508 e. The van der Waals surface area contributed by atoms with Crippen molar-refractivity contribution in [3.05, 3.63) is 0 Å². The molecule has 0 amide bonds. The van der Waals surface area contributed by atoms with E-state index in [4.69, 9.17) is 45.0 Å². The minimum absolute atomic E-state index is 1.71. The van der Waals surface area contributed by atoms with Gasteiger partial charge in [0.1, 0.15) is 0 Å². The Morgan fingerprint density at radius 3 is 2.00 bits per heavy atom. The van der Waals surface area contributed by atoms with Crippen molar-refractivity contribution >= 4 is 41.0 Å². The molecule has 0 aliphatic carbocycles. The van der Waals surface area contributed by atoms with E-state index in [0.29, 0.717) is 0 Å². The molecule has 0 saturated heterocycles. The molecule has 0 rings (SSSR count). The molecule has 10 heavy (non-hydrogen) atoms. The second kappa shape index (κ2) is 3.48. The molecular formula is C3H3Cl3O4. The fourth-order valence-electron chi connectivity index (χ4n) is 0.162. The molecule has 2 N–H and O–H groups in total. The molecule has 0 aromatic rings. The standard InChI is InChI=1S/C3H3Cl3O4/c4-3(5,6)1(7)10-2(8)9/h1,7H,(H,8,9). The van der Waals surface area contributed by atoms with E-state index in [2.05, 4.69) is 4.74 Å². The molecule has 7 heteroatoms. The number of carboxylic acid groups (broad SMARTS) is 1. The van der Waals surface area contributed by atoms with Crippen molar-refractivity contribution in [2.45, 2.75) is 10.1 Å². The maximum Gasteiger partial charge on any atom is 0.508 e. The molecule has 60 valence electrons. The summed E-state index contributed by atoms with van der Waals surface area (Å²) in [6.45, 7) is 0. The summed E-state index contributed by atoms with van der Waals surface area (Å²) in [5, 5.41) is 16.4. The maximum absolute atomic E-state index is 9.70. The van der Waals surface area contributed by atoms with Gasteiger partial charge in [0.25, 0.3) is 10.1 Å². The van der Waals surface area contributed by atoms with E-state index in [1.54, 1.807) is 0 Å². The summed E-state index contributed by atoms with van der Waals surface area (Å²) in [7, 11) is 0. The highest BCUT2D eigenvalue weighted by atomic mass is 35.6. The zero-order valence-corrected chi connectivity index (χ0v) is 6.69. The van der Waals surface area contributed by atoms with Crippen LogP contribution in [0.1, 0.15) is 0 Å². The lowest BCUT2D eigenvalue weighted by atomic mass is 10.7. The van der Waals surface area contributed by atoms with Gasteiger partial charge >= 0.3 is 6.16 Å². The van der Waals surface area contributed by atoms with Crippen molar-refractivity contribution in [3.8, 4) is 0 Å². The van der Waals surface area contributed by atoms with Crippen LogP contribution in [0, 0.1) is 0 Å². The van der Waals surface area contributed by atoms with Crippen molar-refractivity contribution in [1.29, 1.82) is 0 Å². The van der Waals surface area contributed by atoms with Crippen LogP contribution in [0.25, 0.3) is 0 Å². The third-order valence-electron chi connectivity index (χ3n) is 0.492. The van der Waals surface area contributed by atoms with Crippen molar-refractivity contribution in [1.82, 2.24) is 0 Å². The van der Waals surface area contributed by atoms with Crippen LogP contribution in [0.15, 0.2) is 0 Å². The van der Waals surface area contributed by atoms with Gasteiger partial charge in [-0.05, 0) is 0 Å². The Bertz CT molecular complexity index is 130. The molecule has 0 radical (unpaired) electrons. The lowest BCUT2D eigenvalue weighted by molar-refractivity contribution is -0.0670. The molecule has 1 unspecified atom stereocenters. The molecule has 0 spiro atoms. The Kier molecular flexibility index (Phi) is 3.51. The molecule has 0 aliphatic rings. The van der Waals surface area contributed by atoms with Crippen molar-refractivity contribution < 1.29 is 19.7 Å². The fraction of sp³-hybridized carbons (Fsp3) is 0.667. The molecule has 0 aliphatic heterocycles. The number of aliphatic hydroxyl groups is 1. The molecule has 0 aromatic heterocycles. The molecule has 1 atom stereocenters. The van der Waals surface area contributed by atoms with Crippen LogP contribution in [0.4, 0.5) is 4.79 Å². The Morgan fingerprint density at radius 2 is 1.90 bits per heavy atom. The highest BCUT2D eigenvalue weighted by Gasteiger charge is 2.34. The fourth-order valence-corrected chi connectivity index (χ4v) is 0.296. The summed E-state index contributed by atoms with van der Waals surface area (Å²) in [5.74, 6) is 0. The van der Waals surface area contributed by atoms with Gasteiger partial charge in [-0.1, -0.05) is 34.8 Å². The Balaban J connectivity index is 3.85. The number of hydrogen-bond donors (Lipinski definition) is 2. The molecular weight excluding hydrogens is 206 g/mol. The van der Waals surface area contributed by atoms with Crippen LogP contribution in [-0.2, 0) is 4.74 Å². The number of hydrogen-bond acceptors (Lipinski definition) is 3. The average molecular weight is 209 g/mol. The van der Waals surface area contributed by atoms with Gasteiger partial charge in [0, 0.05) is 0 Å². The first kappa shape index (κ1) is 10.1. The lowest BCUT2D eigenvalue weighted by Crippen LogP contribution is -2.30. The zero-order chi connectivity index (χ0) is 8.36. The van der Waals surface area contributed by atoms with Gasteiger partial charge in [-0.2, -0.15) is 0 Å². The van der Waals surface area contributed by atoms with Crippen LogP contribution in [0.5, 0.6) is 0 Å². The first-order valence-corrected chi connectivity index (χ1v) is 3.12. The SMILES string of the molecule is O=C(O)OC(O)C(Cl)(Cl)Cl. The van der Waals surface area contributed by atoms with Gasteiger partial charge in [-0.15, -0.1) is 0 Å². The first-order chi connectivity index (χ1) is 4.34. The molecule has 0 heterocycles. The predicted molar refractivity (Wildman–Crippen MR) is 35.4 cm³/mol. The van der Waals surface area contributed by atoms with Crippen molar-refractivity contribution in [3.63, 3.8) is 0 Å². The van der Waals surface area contributed by atoms with E-state index in [9.17, 15) is 4.79 Å². The van der Waals surface area contributed by atoms with Crippen LogP contribution >= 0.6 is 34.8 Å². The maximum atomic E-state index is 9.70. The molecule has 0 fully saturated rings. The van der Waals surface area contributed by atoms with Crippen LogP contribution in [0.3, 0.4) is 0 Å². The highest BCUT2D eigenvalue weighted by Crippen LogP contribution is 2.30. The van der Waals surface area contributed by atoms with E-state index < -0.39 is 16.2 Å². The number of carbonyl (C=O) groups is 1. The smallest absolute Gasteiger partial charge is 0.450 e. The number of aliphatic hydroxyl groups excluding tert-OH is 1.